The summed E-state index contributed by atoms with van der Waals surface area (Å²) in [6.07, 6.45) is 2.24. The molecule has 2 rings (SSSR count). The lowest BCUT2D eigenvalue weighted by Crippen LogP contribution is -2.33. The van der Waals surface area contributed by atoms with Gasteiger partial charge in [-0.15, -0.1) is 0 Å². The molecule has 0 bridgehead atoms. The van der Waals surface area contributed by atoms with Crippen molar-refractivity contribution in [2.24, 2.45) is 0 Å². The highest BCUT2D eigenvalue weighted by Gasteiger charge is 2.27. The van der Waals surface area contributed by atoms with Crippen LogP contribution in [0, 0.1) is 10.1 Å². The Balaban J connectivity index is 2.12. The highest BCUT2D eigenvalue weighted by Crippen LogP contribution is 2.29. The first kappa shape index (κ1) is 15.7. The fraction of sp³-hybridized carbons (Fsp3) is 0.500. The Morgan fingerprint density at radius 1 is 1.33 bits per heavy atom. The van der Waals surface area contributed by atoms with Gasteiger partial charge in [0.2, 0.25) is 10.0 Å². The summed E-state index contributed by atoms with van der Waals surface area (Å²) in [6, 6.07) is 3.88. The number of nitro groups is 1. The summed E-state index contributed by atoms with van der Waals surface area (Å²) in [7, 11) is -3.95. The zero-order valence-electron chi connectivity index (χ0n) is 11.5. The minimum absolute atomic E-state index is 0.164. The van der Waals surface area contributed by atoms with Gasteiger partial charge in [-0.2, -0.15) is 0 Å². The second-order valence-electron chi connectivity index (χ2n) is 4.90. The second kappa shape index (κ2) is 6.37. The Kier molecular flexibility index (Phi) is 4.76. The molecule has 1 aliphatic heterocycles. The van der Waals surface area contributed by atoms with Gasteiger partial charge in [0.25, 0.3) is 0 Å². The number of rotatable bonds is 6. The van der Waals surface area contributed by atoms with Crippen LogP contribution in [0.15, 0.2) is 23.1 Å². The Hall–Kier alpha value is -1.71. The molecule has 1 aromatic rings. The van der Waals surface area contributed by atoms with Gasteiger partial charge >= 0.3 is 5.69 Å². The number of para-hydroxylation sites is 1. The first-order valence-corrected chi connectivity index (χ1v) is 8.15. The van der Waals surface area contributed by atoms with Crippen molar-refractivity contribution < 1.29 is 13.3 Å². The molecule has 21 heavy (non-hydrogen) atoms. The Morgan fingerprint density at radius 2 is 2.00 bits per heavy atom. The number of likely N-dealkylation sites (tertiary alicyclic amines) is 1. The van der Waals surface area contributed by atoms with Gasteiger partial charge in [0.05, 0.1) is 4.92 Å². The van der Waals surface area contributed by atoms with Gasteiger partial charge in [0.15, 0.2) is 4.90 Å². The number of nitro benzene ring substituents is 1. The van der Waals surface area contributed by atoms with E-state index in [9.17, 15) is 18.5 Å². The second-order valence-corrected chi connectivity index (χ2v) is 6.63. The number of benzene rings is 1. The van der Waals surface area contributed by atoms with E-state index in [0.717, 1.165) is 25.9 Å². The molecule has 3 N–H and O–H groups in total. The number of sulfonamides is 1. The molecule has 0 unspecified atom stereocenters. The van der Waals surface area contributed by atoms with Crippen LogP contribution in [0.3, 0.4) is 0 Å². The van der Waals surface area contributed by atoms with Gasteiger partial charge in [-0.1, -0.05) is 6.07 Å². The van der Waals surface area contributed by atoms with E-state index in [4.69, 9.17) is 5.73 Å². The van der Waals surface area contributed by atoms with Crippen molar-refractivity contribution in [3.05, 3.63) is 28.3 Å². The van der Waals surface area contributed by atoms with Crippen LogP contribution in [-0.2, 0) is 10.0 Å². The molecule has 0 radical (unpaired) electrons. The molecular weight excluding hydrogens is 296 g/mol. The predicted molar refractivity (Wildman–Crippen MR) is 78.4 cm³/mol. The molecule has 0 spiro atoms. The molecule has 9 heteroatoms. The van der Waals surface area contributed by atoms with Gasteiger partial charge in [-0.25, -0.2) is 13.1 Å². The first-order valence-electron chi connectivity index (χ1n) is 6.67. The summed E-state index contributed by atoms with van der Waals surface area (Å²) in [5.74, 6) is 0. The van der Waals surface area contributed by atoms with Crippen molar-refractivity contribution in [3.63, 3.8) is 0 Å². The molecule has 1 saturated heterocycles. The van der Waals surface area contributed by atoms with E-state index in [1.165, 1.54) is 18.2 Å². The maximum atomic E-state index is 12.2. The molecular formula is C12H18N4O4S. The molecule has 116 valence electrons. The lowest BCUT2D eigenvalue weighted by molar-refractivity contribution is -0.386. The summed E-state index contributed by atoms with van der Waals surface area (Å²) < 4.78 is 26.8. The van der Waals surface area contributed by atoms with Crippen molar-refractivity contribution in [3.8, 4) is 0 Å². The summed E-state index contributed by atoms with van der Waals surface area (Å²) in [4.78, 5) is 12.0. The fourth-order valence-corrected chi connectivity index (χ4v) is 3.59. The topological polar surface area (TPSA) is 119 Å². The highest BCUT2D eigenvalue weighted by atomic mass is 32.2. The van der Waals surface area contributed by atoms with E-state index in [2.05, 4.69) is 9.62 Å². The molecule has 8 nitrogen and oxygen atoms in total. The standard InChI is InChI=1S/C12H18N4O4S/c13-10-4-3-5-11(12(10)16(17)18)21(19,20)14-6-9-15-7-1-2-8-15/h3-5,14H,1-2,6-9,13H2. The average Bonchev–Trinajstić information content (AvgIpc) is 2.91. The van der Waals surface area contributed by atoms with Crippen LogP contribution in [-0.4, -0.2) is 44.4 Å². The molecule has 0 aliphatic carbocycles. The monoisotopic (exact) mass is 314 g/mol. The fourth-order valence-electron chi connectivity index (χ4n) is 2.37. The van der Waals surface area contributed by atoms with E-state index in [0.29, 0.717) is 6.54 Å². The van der Waals surface area contributed by atoms with Crippen LogP contribution in [0.4, 0.5) is 11.4 Å². The number of nitrogens with zero attached hydrogens (tertiary/aromatic N) is 2. The van der Waals surface area contributed by atoms with E-state index in [1.54, 1.807) is 0 Å². The SMILES string of the molecule is Nc1cccc(S(=O)(=O)NCCN2CCCC2)c1[N+](=O)[O-]. The summed E-state index contributed by atoms with van der Waals surface area (Å²) in [6.45, 7) is 2.73. The summed E-state index contributed by atoms with van der Waals surface area (Å²) >= 11 is 0. The van der Waals surface area contributed by atoms with E-state index >= 15 is 0 Å². The average molecular weight is 314 g/mol. The van der Waals surface area contributed by atoms with Crippen molar-refractivity contribution in [1.29, 1.82) is 0 Å². The zero-order valence-corrected chi connectivity index (χ0v) is 12.3. The Bertz CT molecular complexity index is 626. The van der Waals surface area contributed by atoms with Crippen molar-refractivity contribution in [1.82, 2.24) is 9.62 Å². The lowest BCUT2D eigenvalue weighted by Gasteiger charge is -2.15. The van der Waals surface area contributed by atoms with E-state index in [-0.39, 0.29) is 12.2 Å². The molecule has 0 aromatic heterocycles. The van der Waals surface area contributed by atoms with Gasteiger partial charge in [-0.05, 0) is 38.1 Å². The summed E-state index contributed by atoms with van der Waals surface area (Å²) in [5.41, 5.74) is 4.76. The van der Waals surface area contributed by atoms with Crippen LogP contribution in [0.5, 0.6) is 0 Å². The van der Waals surface area contributed by atoms with E-state index in [1.807, 2.05) is 0 Å². The summed E-state index contributed by atoms with van der Waals surface area (Å²) in [5, 5.41) is 11.0. The van der Waals surface area contributed by atoms with E-state index < -0.39 is 25.5 Å². The smallest absolute Gasteiger partial charge is 0.312 e. The Labute approximate surface area is 123 Å². The van der Waals surface area contributed by atoms with Crippen molar-refractivity contribution in [2.75, 3.05) is 31.9 Å². The van der Waals surface area contributed by atoms with Crippen LogP contribution >= 0.6 is 0 Å². The number of hydrogen-bond acceptors (Lipinski definition) is 6. The van der Waals surface area contributed by atoms with Crippen LogP contribution in [0.25, 0.3) is 0 Å². The number of anilines is 1. The maximum Gasteiger partial charge on any atom is 0.312 e. The zero-order chi connectivity index (χ0) is 15.5. The quantitative estimate of drug-likeness (QED) is 0.450. The number of nitrogens with two attached hydrogens (primary N) is 1. The normalized spacial score (nSPS) is 16.2. The predicted octanol–water partition coefficient (Wildman–Crippen LogP) is 0.551. The molecule has 0 amide bonds. The largest absolute Gasteiger partial charge is 0.393 e. The number of nitrogens with one attached hydrogen (secondary N) is 1. The minimum Gasteiger partial charge on any atom is -0.393 e. The third kappa shape index (κ3) is 3.69. The third-order valence-corrected chi connectivity index (χ3v) is 4.91. The Morgan fingerprint density at radius 3 is 2.62 bits per heavy atom. The molecule has 1 aromatic carbocycles. The number of hydrogen-bond donors (Lipinski definition) is 2. The van der Waals surface area contributed by atoms with Crippen molar-refractivity contribution >= 4 is 21.4 Å². The maximum absolute atomic E-state index is 12.2. The molecule has 0 atom stereocenters. The molecule has 1 aliphatic rings. The van der Waals surface area contributed by atoms with Gasteiger partial charge < -0.3 is 10.6 Å². The first-order chi connectivity index (χ1) is 9.92. The van der Waals surface area contributed by atoms with Crippen LogP contribution in [0.2, 0.25) is 0 Å². The van der Waals surface area contributed by atoms with Crippen LogP contribution in [0.1, 0.15) is 12.8 Å². The molecule has 0 saturated carbocycles. The molecule has 1 heterocycles. The van der Waals surface area contributed by atoms with Crippen LogP contribution < -0.4 is 10.5 Å². The van der Waals surface area contributed by atoms with Crippen molar-refractivity contribution in [2.45, 2.75) is 17.7 Å². The third-order valence-electron chi connectivity index (χ3n) is 3.42. The van der Waals surface area contributed by atoms with Gasteiger partial charge in [0, 0.05) is 13.1 Å². The minimum atomic E-state index is -3.95. The number of nitrogen functional groups attached to an aromatic ring is 1. The highest BCUT2D eigenvalue weighted by molar-refractivity contribution is 7.89. The molecule has 1 fully saturated rings. The lowest BCUT2D eigenvalue weighted by atomic mass is 10.3. The van der Waals surface area contributed by atoms with Gasteiger partial charge in [-0.3, -0.25) is 10.1 Å². The van der Waals surface area contributed by atoms with Gasteiger partial charge in [0.1, 0.15) is 5.69 Å².